The van der Waals surface area contributed by atoms with Crippen LogP contribution in [-0.4, -0.2) is 17.9 Å². The van der Waals surface area contributed by atoms with Gasteiger partial charge in [0, 0.05) is 12.1 Å². The molecule has 0 spiro atoms. The molecule has 1 aromatic carbocycles. The molecule has 0 radical (unpaired) electrons. The largest absolute Gasteiger partial charge is 0.454 e. The third kappa shape index (κ3) is 3.93. The first-order chi connectivity index (χ1) is 9.99. The minimum atomic E-state index is -0.403. The van der Waals surface area contributed by atoms with Crippen molar-refractivity contribution in [2.75, 3.05) is 7.05 Å². The number of nitrogens with two attached hydrogens (primary N) is 1. The number of aryl methyl sites for hydroxylation is 2. The molecular formula is C16H21N3O2. The molecule has 1 amide bonds. The molecule has 5 nitrogen and oxygen atoms in total. The van der Waals surface area contributed by atoms with Crippen LogP contribution in [0.15, 0.2) is 34.7 Å². The number of hydrazine groups is 1. The van der Waals surface area contributed by atoms with Crippen LogP contribution >= 0.6 is 0 Å². The highest BCUT2D eigenvalue weighted by Crippen LogP contribution is 2.17. The van der Waals surface area contributed by atoms with E-state index in [0.717, 1.165) is 17.9 Å². The maximum Gasteiger partial charge on any atom is 0.301 e. The van der Waals surface area contributed by atoms with Crippen LogP contribution in [-0.2, 0) is 13.1 Å². The predicted octanol–water partition coefficient (Wildman–Crippen LogP) is 2.13. The molecule has 0 saturated heterocycles. The Morgan fingerprint density at radius 1 is 1.29 bits per heavy atom. The van der Waals surface area contributed by atoms with Gasteiger partial charge in [-0.1, -0.05) is 29.8 Å². The van der Waals surface area contributed by atoms with Gasteiger partial charge in [-0.2, -0.15) is 0 Å². The Bertz CT molecular complexity index is 634. The van der Waals surface area contributed by atoms with Crippen molar-refractivity contribution < 1.29 is 9.21 Å². The second-order valence-corrected chi connectivity index (χ2v) is 5.36. The lowest BCUT2D eigenvalue weighted by molar-refractivity contribution is 0.0921. The van der Waals surface area contributed by atoms with E-state index in [2.05, 4.69) is 41.5 Å². The van der Waals surface area contributed by atoms with Crippen molar-refractivity contribution in [2.24, 2.45) is 5.84 Å². The van der Waals surface area contributed by atoms with Crippen LogP contribution in [0.5, 0.6) is 0 Å². The average molecular weight is 287 g/mol. The number of rotatable bonds is 5. The number of furan rings is 1. The number of hydrogen-bond acceptors (Lipinski definition) is 4. The van der Waals surface area contributed by atoms with Crippen molar-refractivity contribution in [3.8, 4) is 0 Å². The van der Waals surface area contributed by atoms with E-state index in [4.69, 9.17) is 10.3 Å². The van der Waals surface area contributed by atoms with Crippen LogP contribution < -0.4 is 11.3 Å². The van der Waals surface area contributed by atoms with Gasteiger partial charge in [0.05, 0.1) is 6.54 Å². The number of carbonyl (C=O) groups excluding carboxylic acids is 1. The summed E-state index contributed by atoms with van der Waals surface area (Å²) in [4.78, 5) is 13.7. The number of carbonyl (C=O) groups is 1. The van der Waals surface area contributed by atoms with Crippen molar-refractivity contribution in [1.82, 2.24) is 10.3 Å². The zero-order chi connectivity index (χ0) is 15.4. The first kappa shape index (κ1) is 15.3. The Morgan fingerprint density at radius 3 is 2.71 bits per heavy atom. The molecule has 112 valence electrons. The summed E-state index contributed by atoms with van der Waals surface area (Å²) in [6.07, 6.45) is 0. The molecule has 2 rings (SSSR count). The highest BCUT2D eigenvalue weighted by Gasteiger charge is 2.15. The smallest absolute Gasteiger partial charge is 0.301 e. The number of hydrogen-bond donors (Lipinski definition) is 2. The fourth-order valence-corrected chi connectivity index (χ4v) is 2.36. The summed E-state index contributed by atoms with van der Waals surface area (Å²) in [5.74, 6) is 5.75. The summed E-state index contributed by atoms with van der Waals surface area (Å²) in [7, 11) is 2.02. The van der Waals surface area contributed by atoms with Crippen molar-refractivity contribution in [3.05, 3.63) is 58.5 Å². The lowest BCUT2D eigenvalue weighted by atomic mass is 10.1. The lowest BCUT2D eigenvalue weighted by Gasteiger charge is -2.15. The monoisotopic (exact) mass is 287 g/mol. The molecular weight excluding hydrogens is 266 g/mol. The zero-order valence-corrected chi connectivity index (χ0v) is 12.6. The predicted molar refractivity (Wildman–Crippen MR) is 81.4 cm³/mol. The third-order valence-electron chi connectivity index (χ3n) is 3.27. The van der Waals surface area contributed by atoms with Crippen LogP contribution in [0.2, 0.25) is 0 Å². The SMILES string of the molecule is Cc1cccc(CN(C)Cc2cc(C)c(C(=O)NN)o2)c1. The molecule has 0 atom stereocenters. The molecule has 0 unspecified atom stereocenters. The summed E-state index contributed by atoms with van der Waals surface area (Å²) in [5.41, 5.74) is 5.37. The molecule has 5 heteroatoms. The van der Waals surface area contributed by atoms with Crippen molar-refractivity contribution in [1.29, 1.82) is 0 Å². The summed E-state index contributed by atoms with van der Waals surface area (Å²) in [6, 6.07) is 10.3. The van der Waals surface area contributed by atoms with Crippen LogP contribution in [0.4, 0.5) is 0 Å². The fourth-order valence-electron chi connectivity index (χ4n) is 2.36. The molecule has 0 aliphatic rings. The van der Waals surface area contributed by atoms with E-state index in [1.54, 1.807) is 0 Å². The Balaban J connectivity index is 2.03. The van der Waals surface area contributed by atoms with E-state index in [9.17, 15) is 4.79 Å². The zero-order valence-electron chi connectivity index (χ0n) is 12.6. The summed E-state index contributed by atoms with van der Waals surface area (Å²) in [6.45, 7) is 5.36. The molecule has 3 N–H and O–H groups in total. The van der Waals surface area contributed by atoms with Gasteiger partial charge in [-0.3, -0.25) is 15.1 Å². The van der Waals surface area contributed by atoms with Crippen LogP contribution in [0.1, 0.15) is 33.0 Å². The van der Waals surface area contributed by atoms with E-state index >= 15 is 0 Å². The van der Waals surface area contributed by atoms with Crippen molar-refractivity contribution >= 4 is 5.91 Å². The standard InChI is InChI=1S/C16H21N3O2/c1-11-5-4-6-13(7-11)9-19(3)10-14-8-12(2)15(21-14)16(20)18-17/h4-8H,9-10,17H2,1-3H3,(H,18,20). The average Bonchev–Trinajstić information content (AvgIpc) is 2.78. The van der Waals surface area contributed by atoms with Crippen LogP contribution in [0.3, 0.4) is 0 Å². The lowest BCUT2D eigenvalue weighted by Crippen LogP contribution is -2.30. The van der Waals surface area contributed by atoms with Crippen LogP contribution in [0, 0.1) is 13.8 Å². The van der Waals surface area contributed by atoms with Gasteiger partial charge in [-0.05, 0) is 32.5 Å². The Hall–Kier alpha value is -2.11. The maximum absolute atomic E-state index is 11.5. The molecule has 1 aromatic heterocycles. The summed E-state index contributed by atoms with van der Waals surface area (Å²) in [5, 5.41) is 0. The quantitative estimate of drug-likeness (QED) is 0.502. The van der Waals surface area contributed by atoms with Gasteiger partial charge in [0.15, 0.2) is 5.76 Å². The van der Waals surface area contributed by atoms with E-state index in [1.807, 2.05) is 20.0 Å². The minimum Gasteiger partial charge on any atom is -0.454 e. The molecule has 1 heterocycles. The van der Waals surface area contributed by atoms with Crippen molar-refractivity contribution in [2.45, 2.75) is 26.9 Å². The molecule has 0 fully saturated rings. The highest BCUT2D eigenvalue weighted by atomic mass is 16.4. The van der Waals surface area contributed by atoms with E-state index < -0.39 is 5.91 Å². The maximum atomic E-state index is 11.5. The van der Waals surface area contributed by atoms with Gasteiger partial charge in [0.1, 0.15) is 5.76 Å². The second-order valence-electron chi connectivity index (χ2n) is 5.36. The van der Waals surface area contributed by atoms with E-state index in [-0.39, 0.29) is 5.76 Å². The van der Waals surface area contributed by atoms with E-state index in [1.165, 1.54) is 11.1 Å². The van der Waals surface area contributed by atoms with Gasteiger partial charge in [-0.25, -0.2) is 5.84 Å². The molecule has 2 aromatic rings. The highest BCUT2D eigenvalue weighted by molar-refractivity contribution is 5.92. The molecule has 0 saturated carbocycles. The Morgan fingerprint density at radius 2 is 2.05 bits per heavy atom. The first-order valence-corrected chi connectivity index (χ1v) is 6.84. The topological polar surface area (TPSA) is 71.5 Å². The first-order valence-electron chi connectivity index (χ1n) is 6.84. The normalized spacial score (nSPS) is 10.9. The van der Waals surface area contributed by atoms with E-state index in [0.29, 0.717) is 6.54 Å². The molecule has 0 aliphatic carbocycles. The number of benzene rings is 1. The number of nitrogens with one attached hydrogen (secondary N) is 1. The second kappa shape index (κ2) is 6.56. The number of nitrogen functional groups attached to an aromatic ring is 1. The van der Waals surface area contributed by atoms with Crippen LogP contribution in [0.25, 0.3) is 0 Å². The van der Waals surface area contributed by atoms with Crippen molar-refractivity contribution in [3.63, 3.8) is 0 Å². The van der Waals surface area contributed by atoms with Gasteiger partial charge in [-0.15, -0.1) is 0 Å². The third-order valence-corrected chi connectivity index (χ3v) is 3.27. The van der Waals surface area contributed by atoms with Gasteiger partial charge < -0.3 is 4.42 Å². The summed E-state index contributed by atoms with van der Waals surface area (Å²) >= 11 is 0. The summed E-state index contributed by atoms with van der Waals surface area (Å²) < 4.78 is 5.57. The molecule has 21 heavy (non-hydrogen) atoms. The Labute approximate surface area is 124 Å². The molecule has 0 bridgehead atoms. The Kier molecular flexibility index (Phi) is 4.77. The van der Waals surface area contributed by atoms with Gasteiger partial charge in [0.2, 0.25) is 0 Å². The fraction of sp³-hybridized carbons (Fsp3) is 0.312. The minimum absolute atomic E-state index is 0.274. The van der Waals surface area contributed by atoms with Gasteiger partial charge >= 0.3 is 5.91 Å². The number of amides is 1. The number of nitrogens with zero attached hydrogens (tertiary/aromatic N) is 1. The van der Waals surface area contributed by atoms with Gasteiger partial charge in [0.25, 0.3) is 0 Å². The molecule has 0 aliphatic heterocycles.